The van der Waals surface area contributed by atoms with Crippen LogP contribution in [0.25, 0.3) is 22.3 Å². The van der Waals surface area contributed by atoms with Gasteiger partial charge >= 0.3 is 0 Å². The monoisotopic (exact) mass is 342 g/mol. The number of benzene rings is 1. The van der Waals surface area contributed by atoms with Crippen LogP contribution in [0, 0.1) is 0 Å². The molecule has 2 heterocycles. The van der Waals surface area contributed by atoms with E-state index in [1.54, 1.807) is 0 Å². The molecule has 0 aliphatic carbocycles. The molecule has 2 aromatic heterocycles. The van der Waals surface area contributed by atoms with Crippen LogP contribution in [-0.2, 0) is 11.3 Å². The third-order valence-electron chi connectivity index (χ3n) is 3.20. The van der Waals surface area contributed by atoms with E-state index in [1.807, 2.05) is 59.6 Å². The van der Waals surface area contributed by atoms with E-state index in [4.69, 9.17) is 0 Å². The Kier molecular flexibility index (Phi) is 4.01. The number of nitrogens with zero attached hydrogens (tertiary/aromatic N) is 3. The lowest BCUT2D eigenvalue weighted by Gasteiger charge is -2.01. The molecule has 1 aromatic carbocycles. The molecule has 3 aromatic rings. The summed E-state index contributed by atoms with van der Waals surface area (Å²) in [5, 5.41) is 1.03. The smallest absolute Gasteiger partial charge is 0.204 e. The average molecular weight is 343 g/mol. The summed E-state index contributed by atoms with van der Waals surface area (Å²) in [5.74, 6) is 0.706. The van der Waals surface area contributed by atoms with Crippen molar-refractivity contribution in [3.05, 3.63) is 55.0 Å². The van der Waals surface area contributed by atoms with Gasteiger partial charge < -0.3 is 0 Å². The maximum atomic E-state index is 10.9. The molecule has 0 atom stereocenters. The van der Waals surface area contributed by atoms with Crippen molar-refractivity contribution in [3.8, 4) is 11.4 Å². The Morgan fingerprint density at radius 3 is 2.67 bits per heavy atom. The molecule has 4 nitrogen and oxygen atoms in total. The van der Waals surface area contributed by atoms with Gasteiger partial charge in [0.05, 0.1) is 11.9 Å². The van der Waals surface area contributed by atoms with Crippen molar-refractivity contribution in [2.45, 2.75) is 13.0 Å². The minimum absolute atomic E-state index is 0.0111. The van der Waals surface area contributed by atoms with Crippen LogP contribution in [0.5, 0.6) is 0 Å². The molecule has 0 amide bonds. The highest BCUT2D eigenvalue weighted by molar-refractivity contribution is 9.18. The van der Waals surface area contributed by atoms with E-state index < -0.39 is 0 Å². The lowest BCUT2D eigenvalue weighted by atomic mass is 10.2. The fraction of sp³-hybridized carbons (Fsp3) is 0.125. The fourth-order valence-corrected chi connectivity index (χ4v) is 2.26. The molecule has 0 radical (unpaired) electrons. The number of pyridine rings is 1. The fourth-order valence-electron chi connectivity index (χ4n) is 2.08. The molecule has 0 fully saturated rings. The Balaban J connectivity index is 1.86. The number of carbonyl (C=O) groups is 1. The molecule has 0 N–H and O–H groups in total. The number of aromatic nitrogens is 3. The normalized spacial score (nSPS) is 10.7. The van der Waals surface area contributed by atoms with Crippen LogP contribution in [0.15, 0.2) is 55.0 Å². The number of rotatable bonds is 4. The maximum absolute atomic E-state index is 10.9. The van der Waals surface area contributed by atoms with Gasteiger partial charge in [0.2, 0.25) is 4.69 Å². The second kappa shape index (κ2) is 6.10. The number of carbonyl (C=O) groups excluding carboxylic acids is 1. The molecular formula is C16H13BrN3O+. The first kappa shape index (κ1) is 13.8. The first-order chi connectivity index (χ1) is 10.2. The van der Waals surface area contributed by atoms with Gasteiger partial charge in [-0.05, 0) is 22.0 Å². The predicted molar refractivity (Wildman–Crippen MR) is 83.7 cm³/mol. The lowest BCUT2D eigenvalue weighted by molar-refractivity contribution is -0.695. The molecule has 0 aliphatic rings. The summed E-state index contributed by atoms with van der Waals surface area (Å²) in [5.41, 5.74) is 1.89. The first-order valence-electron chi connectivity index (χ1n) is 6.62. The van der Waals surface area contributed by atoms with E-state index >= 15 is 0 Å². The van der Waals surface area contributed by atoms with Crippen LogP contribution in [-0.4, -0.2) is 14.7 Å². The minimum atomic E-state index is 0.0111. The van der Waals surface area contributed by atoms with Gasteiger partial charge in [-0.3, -0.25) is 4.79 Å². The first-order valence-corrected chi connectivity index (χ1v) is 7.41. The third-order valence-corrected chi connectivity index (χ3v) is 3.60. The topological polar surface area (TPSA) is 46.7 Å². The Hall–Kier alpha value is -2.14. The summed E-state index contributed by atoms with van der Waals surface area (Å²) >= 11 is 2.93. The molecule has 0 saturated heterocycles. The Morgan fingerprint density at radius 2 is 1.90 bits per heavy atom. The molecule has 104 valence electrons. The van der Waals surface area contributed by atoms with Crippen molar-refractivity contribution in [2.75, 3.05) is 0 Å². The van der Waals surface area contributed by atoms with E-state index in [-0.39, 0.29) is 4.69 Å². The molecule has 0 spiro atoms. The van der Waals surface area contributed by atoms with Crippen molar-refractivity contribution < 1.29 is 9.36 Å². The molecule has 0 saturated carbocycles. The third kappa shape index (κ3) is 3.31. The molecular weight excluding hydrogens is 330 g/mol. The largest absolute Gasteiger partial charge is 0.286 e. The quantitative estimate of drug-likeness (QED) is 0.541. The van der Waals surface area contributed by atoms with Crippen LogP contribution < -0.4 is 4.57 Å². The van der Waals surface area contributed by atoms with Crippen molar-refractivity contribution in [1.29, 1.82) is 0 Å². The number of fused-ring (bicyclic) bond motifs is 1. The molecule has 3 rings (SSSR count). The highest BCUT2D eigenvalue weighted by Crippen LogP contribution is 2.16. The van der Waals surface area contributed by atoms with Gasteiger partial charge in [0, 0.05) is 29.3 Å². The SMILES string of the molecule is O=C(Br)CC[n+]1ccc(-c2ncc3ccccc3n2)cc1. The van der Waals surface area contributed by atoms with E-state index in [0.717, 1.165) is 16.5 Å². The van der Waals surface area contributed by atoms with E-state index in [2.05, 4.69) is 25.9 Å². The van der Waals surface area contributed by atoms with E-state index in [0.29, 0.717) is 18.8 Å². The van der Waals surface area contributed by atoms with Gasteiger partial charge in [-0.15, -0.1) is 0 Å². The summed E-state index contributed by atoms with van der Waals surface area (Å²) in [6.45, 7) is 0.656. The highest BCUT2D eigenvalue weighted by Gasteiger charge is 2.07. The Labute approximate surface area is 130 Å². The standard InChI is InChI=1S/C16H13BrN3O/c17-15(21)7-10-20-8-5-12(6-9-20)16-18-11-13-3-1-2-4-14(13)19-16/h1-6,8-9,11H,7,10H2/q+1. The van der Waals surface area contributed by atoms with Crippen LogP contribution in [0.2, 0.25) is 0 Å². The summed E-state index contributed by atoms with van der Waals surface area (Å²) in [6, 6.07) is 11.8. The lowest BCUT2D eigenvalue weighted by Crippen LogP contribution is -2.33. The van der Waals surface area contributed by atoms with Crippen LogP contribution >= 0.6 is 15.9 Å². The number of para-hydroxylation sites is 1. The summed E-state index contributed by atoms with van der Waals surface area (Å²) in [7, 11) is 0. The minimum Gasteiger partial charge on any atom is -0.286 e. The van der Waals surface area contributed by atoms with Crippen molar-refractivity contribution in [3.63, 3.8) is 0 Å². The summed E-state index contributed by atoms with van der Waals surface area (Å²) < 4.78 is 1.97. The molecule has 0 unspecified atom stereocenters. The number of halogens is 1. The maximum Gasteiger partial charge on any atom is 0.204 e. The van der Waals surface area contributed by atoms with E-state index in [9.17, 15) is 4.79 Å². The average Bonchev–Trinajstić information content (AvgIpc) is 2.53. The van der Waals surface area contributed by atoms with Gasteiger partial charge in [0.25, 0.3) is 0 Å². The highest BCUT2D eigenvalue weighted by atomic mass is 79.9. The Morgan fingerprint density at radius 1 is 1.14 bits per heavy atom. The molecule has 0 bridgehead atoms. The Bertz CT molecular complexity index is 787. The van der Waals surface area contributed by atoms with Gasteiger partial charge in [0.1, 0.15) is 0 Å². The summed E-state index contributed by atoms with van der Waals surface area (Å²) in [6.07, 6.45) is 6.17. The summed E-state index contributed by atoms with van der Waals surface area (Å²) in [4.78, 5) is 19.9. The van der Waals surface area contributed by atoms with Gasteiger partial charge in [0.15, 0.2) is 24.8 Å². The van der Waals surface area contributed by atoms with Gasteiger partial charge in [-0.1, -0.05) is 18.2 Å². The number of hydrogen-bond donors (Lipinski definition) is 0. The van der Waals surface area contributed by atoms with Crippen LogP contribution in [0.1, 0.15) is 6.42 Å². The molecule has 0 aliphatic heterocycles. The zero-order valence-corrected chi connectivity index (χ0v) is 12.8. The zero-order chi connectivity index (χ0) is 14.7. The molecule has 21 heavy (non-hydrogen) atoms. The van der Waals surface area contributed by atoms with Crippen LogP contribution in [0.3, 0.4) is 0 Å². The zero-order valence-electron chi connectivity index (χ0n) is 11.2. The van der Waals surface area contributed by atoms with Crippen molar-refractivity contribution in [2.24, 2.45) is 0 Å². The van der Waals surface area contributed by atoms with Crippen molar-refractivity contribution in [1.82, 2.24) is 9.97 Å². The number of aryl methyl sites for hydroxylation is 1. The second-order valence-electron chi connectivity index (χ2n) is 4.68. The number of hydrogen-bond acceptors (Lipinski definition) is 3. The van der Waals surface area contributed by atoms with Gasteiger partial charge in [-0.2, -0.15) is 0 Å². The molecule has 5 heteroatoms. The van der Waals surface area contributed by atoms with Gasteiger partial charge in [-0.25, -0.2) is 14.5 Å². The predicted octanol–water partition coefficient (Wildman–Crippen LogP) is 2.90. The van der Waals surface area contributed by atoms with E-state index in [1.165, 1.54) is 0 Å². The second-order valence-corrected chi connectivity index (χ2v) is 5.57. The van der Waals surface area contributed by atoms with Crippen LogP contribution in [0.4, 0.5) is 0 Å². The van der Waals surface area contributed by atoms with Crippen molar-refractivity contribution >= 4 is 31.5 Å².